The number of aromatic nitrogens is 2. The number of allylic oxidation sites excluding steroid dienone is 1. The highest BCUT2D eigenvalue weighted by atomic mass is 16.5. The molecule has 0 aliphatic rings. The lowest BCUT2D eigenvalue weighted by Gasteiger charge is -2.09. The Morgan fingerprint density at radius 3 is 2.83 bits per heavy atom. The van der Waals surface area contributed by atoms with Crippen LogP contribution in [-0.2, 0) is 16.6 Å². The topological polar surface area (TPSA) is 111 Å². The Balaban J connectivity index is 1.90. The maximum absolute atomic E-state index is 12.6. The summed E-state index contributed by atoms with van der Waals surface area (Å²) in [5, 5.41) is 13.4. The molecule has 148 valence electrons. The summed E-state index contributed by atoms with van der Waals surface area (Å²) >= 11 is 0. The fraction of sp³-hybridized carbons (Fsp3) is 0.143. The van der Waals surface area contributed by atoms with Gasteiger partial charge in [0, 0.05) is 26.0 Å². The molecule has 0 bridgehead atoms. The van der Waals surface area contributed by atoms with E-state index in [1.807, 2.05) is 0 Å². The third-order valence-corrected chi connectivity index (χ3v) is 4.23. The molecule has 8 heteroatoms. The number of aryl methyl sites for hydroxylation is 1. The average molecular weight is 393 g/mol. The minimum absolute atomic E-state index is 0.0715. The van der Waals surface area contributed by atoms with E-state index < -0.39 is 17.1 Å². The van der Waals surface area contributed by atoms with Crippen molar-refractivity contribution in [3.05, 3.63) is 70.2 Å². The maximum Gasteiger partial charge on any atom is 0.266 e. The highest BCUT2D eigenvalue weighted by Gasteiger charge is 2.19. The molecule has 3 rings (SSSR count). The number of carbonyl (C=O) groups is 2. The van der Waals surface area contributed by atoms with Gasteiger partial charge in [-0.1, -0.05) is 18.2 Å². The van der Waals surface area contributed by atoms with Crippen LogP contribution in [0.5, 0.6) is 5.75 Å². The predicted octanol–water partition coefficient (Wildman–Crippen LogP) is 2.12. The van der Waals surface area contributed by atoms with Crippen LogP contribution in [0.1, 0.15) is 15.9 Å². The first kappa shape index (κ1) is 20.0. The van der Waals surface area contributed by atoms with Crippen LogP contribution in [-0.4, -0.2) is 40.1 Å². The number of fused-ring (bicyclic) bond motifs is 1. The molecule has 2 N–H and O–H groups in total. The van der Waals surface area contributed by atoms with Gasteiger partial charge in [-0.05, 0) is 35.9 Å². The lowest BCUT2D eigenvalue weighted by atomic mass is 10.1. The van der Waals surface area contributed by atoms with E-state index in [9.17, 15) is 19.5 Å². The summed E-state index contributed by atoms with van der Waals surface area (Å²) in [6.07, 6.45) is 4.20. The third kappa shape index (κ3) is 4.22. The van der Waals surface area contributed by atoms with E-state index in [1.165, 1.54) is 37.1 Å². The SMILES string of the molecule is COCC(=O)Nc1cccc(C=CC(=O)c2c(O)c3cccnc3n(C)c2=O)c1. The third-order valence-electron chi connectivity index (χ3n) is 4.23. The standard InChI is InChI=1S/C21H19N3O5/c1-24-20-15(7-4-10-22-20)19(27)18(21(24)28)16(25)9-8-13-5-3-6-14(11-13)23-17(26)12-29-2/h3-11,27H,12H2,1-2H3,(H,23,26). The lowest BCUT2D eigenvalue weighted by Crippen LogP contribution is -2.24. The second kappa shape index (κ2) is 8.49. The van der Waals surface area contributed by atoms with Gasteiger partial charge in [-0.3, -0.25) is 19.0 Å². The molecule has 1 amide bonds. The molecule has 0 radical (unpaired) electrons. The lowest BCUT2D eigenvalue weighted by molar-refractivity contribution is -0.119. The molecule has 0 aliphatic heterocycles. The van der Waals surface area contributed by atoms with Gasteiger partial charge in [0.2, 0.25) is 5.91 Å². The number of carbonyl (C=O) groups excluding carboxylic acids is 2. The number of nitrogens with zero attached hydrogens (tertiary/aromatic N) is 2. The zero-order valence-corrected chi connectivity index (χ0v) is 15.9. The van der Waals surface area contributed by atoms with Gasteiger partial charge in [0.25, 0.3) is 5.56 Å². The first-order valence-corrected chi connectivity index (χ1v) is 8.70. The van der Waals surface area contributed by atoms with Crippen molar-refractivity contribution in [1.29, 1.82) is 0 Å². The van der Waals surface area contributed by atoms with Crippen molar-refractivity contribution in [1.82, 2.24) is 9.55 Å². The fourth-order valence-corrected chi connectivity index (χ4v) is 2.87. The quantitative estimate of drug-likeness (QED) is 0.490. The van der Waals surface area contributed by atoms with Gasteiger partial charge < -0.3 is 15.2 Å². The van der Waals surface area contributed by atoms with Gasteiger partial charge >= 0.3 is 0 Å². The summed E-state index contributed by atoms with van der Waals surface area (Å²) in [5.74, 6) is -1.34. The average Bonchev–Trinajstić information content (AvgIpc) is 2.71. The smallest absolute Gasteiger partial charge is 0.266 e. The molecule has 1 aromatic carbocycles. The molecule has 0 spiro atoms. The summed E-state index contributed by atoms with van der Waals surface area (Å²) in [4.78, 5) is 40.9. The number of rotatable bonds is 6. The number of ether oxygens (including phenoxy) is 1. The second-order valence-electron chi connectivity index (χ2n) is 6.27. The Bertz CT molecular complexity index is 1180. The van der Waals surface area contributed by atoms with Crippen molar-refractivity contribution in [2.24, 2.45) is 7.05 Å². The Morgan fingerprint density at radius 1 is 1.28 bits per heavy atom. The number of hydrogen-bond donors (Lipinski definition) is 2. The van der Waals surface area contributed by atoms with E-state index in [0.717, 1.165) is 0 Å². The van der Waals surface area contributed by atoms with Crippen LogP contribution < -0.4 is 10.9 Å². The number of hydrogen-bond acceptors (Lipinski definition) is 6. The molecule has 0 aliphatic carbocycles. The predicted molar refractivity (Wildman–Crippen MR) is 109 cm³/mol. The van der Waals surface area contributed by atoms with Crippen LogP contribution in [0, 0.1) is 0 Å². The van der Waals surface area contributed by atoms with Crippen LogP contribution in [0.15, 0.2) is 53.5 Å². The number of anilines is 1. The molecule has 8 nitrogen and oxygen atoms in total. The van der Waals surface area contributed by atoms with Gasteiger partial charge in [-0.25, -0.2) is 4.98 Å². The Kier molecular flexibility index (Phi) is 5.85. The van der Waals surface area contributed by atoms with Gasteiger partial charge in [0.1, 0.15) is 23.6 Å². The number of pyridine rings is 2. The highest BCUT2D eigenvalue weighted by Crippen LogP contribution is 2.25. The molecule has 29 heavy (non-hydrogen) atoms. The van der Waals surface area contributed by atoms with Gasteiger partial charge in [-0.2, -0.15) is 0 Å². The summed E-state index contributed by atoms with van der Waals surface area (Å²) in [6, 6.07) is 10.0. The Morgan fingerprint density at radius 2 is 2.07 bits per heavy atom. The van der Waals surface area contributed by atoms with Crippen molar-refractivity contribution in [2.45, 2.75) is 0 Å². The molecular formula is C21H19N3O5. The number of methoxy groups -OCH3 is 1. The van der Waals surface area contributed by atoms with Crippen molar-refractivity contribution in [3.63, 3.8) is 0 Å². The van der Waals surface area contributed by atoms with Crippen molar-refractivity contribution in [3.8, 4) is 5.75 Å². The highest BCUT2D eigenvalue weighted by molar-refractivity contribution is 6.10. The molecule has 2 heterocycles. The fourth-order valence-electron chi connectivity index (χ4n) is 2.87. The van der Waals surface area contributed by atoms with Crippen molar-refractivity contribution in [2.75, 3.05) is 19.0 Å². The Labute approximate surface area is 166 Å². The van der Waals surface area contributed by atoms with E-state index in [-0.39, 0.29) is 23.7 Å². The van der Waals surface area contributed by atoms with E-state index in [1.54, 1.807) is 36.4 Å². The van der Waals surface area contributed by atoms with E-state index in [0.29, 0.717) is 16.6 Å². The number of benzene rings is 1. The van der Waals surface area contributed by atoms with E-state index >= 15 is 0 Å². The molecule has 2 aromatic heterocycles. The van der Waals surface area contributed by atoms with Crippen LogP contribution in [0.3, 0.4) is 0 Å². The number of amides is 1. The van der Waals surface area contributed by atoms with Crippen molar-refractivity contribution >= 4 is 34.5 Å². The van der Waals surface area contributed by atoms with Crippen LogP contribution in [0.4, 0.5) is 5.69 Å². The zero-order chi connectivity index (χ0) is 21.0. The minimum Gasteiger partial charge on any atom is -0.506 e. The molecule has 0 saturated heterocycles. The number of nitrogens with one attached hydrogen (secondary N) is 1. The number of ketones is 1. The second-order valence-corrected chi connectivity index (χ2v) is 6.27. The summed E-state index contributed by atoms with van der Waals surface area (Å²) in [6.45, 7) is -0.0715. The minimum atomic E-state index is -0.636. The normalized spacial score (nSPS) is 11.1. The van der Waals surface area contributed by atoms with Crippen LogP contribution in [0.2, 0.25) is 0 Å². The monoisotopic (exact) mass is 393 g/mol. The first-order valence-electron chi connectivity index (χ1n) is 8.70. The van der Waals surface area contributed by atoms with Crippen molar-refractivity contribution < 1.29 is 19.4 Å². The molecule has 0 atom stereocenters. The first-order chi connectivity index (χ1) is 13.9. The van der Waals surface area contributed by atoms with Gasteiger partial charge in [-0.15, -0.1) is 0 Å². The molecule has 3 aromatic rings. The van der Waals surface area contributed by atoms with Gasteiger partial charge in [0.15, 0.2) is 5.78 Å². The molecule has 0 fully saturated rings. The van der Waals surface area contributed by atoms with Gasteiger partial charge in [0.05, 0.1) is 5.39 Å². The van der Waals surface area contributed by atoms with Crippen LogP contribution >= 0.6 is 0 Å². The summed E-state index contributed by atoms with van der Waals surface area (Å²) < 4.78 is 5.99. The van der Waals surface area contributed by atoms with Crippen LogP contribution in [0.25, 0.3) is 17.1 Å². The summed E-state index contributed by atoms with van der Waals surface area (Å²) in [7, 11) is 2.91. The summed E-state index contributed by atoms with van der Waals surface area (Å²) in [5.41, 5.74) is 0.497. The Hall–Kier alpha value is -3.78. The largest absolute Gasteiger partial charge is 0.506 e. The molecular weight excluding hydrogens is 374 g/mol. The zero-order valence-electron chi connectivity index (χ0n) is 15.9. The van der Waals surface area contributed by atoms with E-state index in [4.69, 9.17) is 4.74 Å². The molecule has 0 saturated carbocycles. The molecule has 0 unspecified atom stereocenters. The maximum atomic E-state index is 12.6. The number of aromatic hydroxyl groups is 1. The van der Waals surface area contributed by atoms with E-state index in [2.05, 4.69) is 10.3 Å².